The summed E-state index contributed by atoms with van der Waals surface area (Å²) in [6.45, 7) is 2.38. The maximum atomic E-state index is 11.8. The second-order valence-electron chi connectivity index (χ2n) is 6.37. The van der Waals surface area contributed by atoms with Gasteiger partial charge in [-0.25, -0.2) is 0 Å². The Bertz CT molecular complexity index is 1090. The first-order valence-corrected chi connectivity index (χ1v) is 8.97. The Morgan fingerprint density at radius 2 is 1.93 bits per heavy atom. The van der Waals surface area contributed by atoms with E-state index in [1.54, 1.807) is 24.3 Å². The molecule has 0 N–H and O–H groups in total. The van der Waals surface area contributed by atoms with Crippen molar-refractivity contribution in [3.63, 3.8) is 0 Å². The van der Waals surface area contributed by atoms with Crippen LogP contribution in [-0.4, -0.2) is 18.6 Å². The van der Waals surface area contributed by atoms with E-state index in [0.29, 0.717) is 29.4 Å². The van der Waals surface area contributed by atoms with E-state index in [4.69, 9.17) is 14.2 Å². The minimum Gasteiger partial charge on any atom is -0.493 e. The van der Waals surface area contributed by atoms with E-state index in [-0.39, 0.29) is 5.70 Å². The summed E-state index contributed by atoms with van der Waals surface area (Å²) < 4.78 is 17.0. The first kappa shape index (κ1) is 17.9. The Labute approximate surface area is 162 Å². The third-order valence-corrected chi connectivity index (χ3v) is 4.74. The van der Waals surface area contributed by atoms with E-state index in [2.05, 4.69) is 0 Å². The number of nitrogens with zero attached hydrogens (tertiary/aromatic N) is 1. The van der Waals surface area contributed by atoms with Crippen LogP contribution in [-0.2, 0) is 0 Å². The van der Waals surface area contributed by atoms with Gasteiger partial charge in [0.05, 0.1) is 18.6 Å². The first-order chi connectivity index (χ1) is 13.6. The monoisotopic (exact) mass is 377 g/mol. The van der Waals surface area contributed by atoms with Crippen molar-refractivity contribution in [3.8, 4) is 17.2 Å². The number of fused-ring (bicyclic) bond motifs is 3. The number of nitro groups is 1. The van der Waals surface area contributed by atoms with Crippen molar-refractivity contribution in [2.24, 2.45) is 0 Å². The van der Waals surface area contributed by atoms with Crippen molar-refractivity contribution < 1.29 is 19.1 Å². The molecule has 0 saturated heterocycles. The Morgan fingerprint density at radius 1 is 1.11 bits per heavy atom. The summed E-state index contributed by atoms with van der Waals surface area (Å²) in [5.41, 5.74) is 1.33. The summed E-state index contributed by atoms with van der Waals surface area (Å²) in [5, 5.41) is 13.7. The molecule has 1 aliphatic heterocycles. The molecule has 3 aromatic carbocycles. The lowest BCUT2D eigenvalue weighted by molar-refractivity contribution is -0.434. The van der Waals surface area contributed by atoms with Crippen LogP contribution in [0.4, 0.5) is 0 Å². The van der Waals surface area contributed by atoms with Crippen molar-refractivity contribution in [1.29, 1.82) is 0 Å². The van der Waals surface area contributed by atoms with Crippen LogP contribution in [0.15, 0.2) is 60.3 Å². The number of hydrogen-bond acceptors (Lipinski definition) is 5. The van der Waals surface area contributed by atoms with Crippen LogP contribution < -0.4 is 14.2 Å². The van der Waals surface area contributed by atoms with Crippen LogP contribution in [0.1, 0.15) is 24.2 Å². The van der Waals surface area contributed by atoms with Gasteiger partial charge < -0.3 is 14.2 Å². The molecule has 1 aliphatic rings. The zero-order valence-corrected chi connectivity index (χ0v) is 15.5. The highest BCUT2D eigenvalue weighted by Gasteiger charge is 2.34. The molecule has 4 rings (SSSR count). The van der Waals surface area contributed by atoms with E-state index in [9.17, 15) is 10.1 Å². The molecule has 142 valence electrons. The average molecular weight is 377 g/mol. The van der Waals surface area contributed by atoms with Crippen LogP contribution in [0.5, 0.6) is 17.2 Å². The van der Waals surface area contributed by atoms with Crippen molar-refractivity contribution in [3.05, 3.63) is 81.5 Å². The van der Waals surface area contributed by atoms with Crippen molar-refractivity contribution in [1.82, 2.24) is 0 Å². The Balaban J connectivity index is 1.83. The number of hydrogen-bond donors (Lipinski definition) is 0. The maximum absolute atomic E-state index is 11.8. The molecular weight excluding hydrogens is 358 g/mol. The maximum Gasteiger partial charge on any atom is 0.291 e. The fraction of sp³-hybridized carbons (Fsp3) is 0.182. The summed E-state index contributed by atoms with van der Waals surface area (Å²) in [5.74, 6) is 1.71. The standard InChI is InChI=1S/C22H19NO5/c1-3-27-20-11-9-15(12-21(20)26-2)22-18(23(24)25)13-17-16-7-5-4-6-14(16)8-10-19(17)28-22/h4-13,22H,3H2,1-2H3/t22-/m0/s1. The molecule has 0 saturated carbocycles. The Morgan fingerprint density at radius 3 is 2.68 bits per heavy atom. The Kier molecular flexibility index (Phi) is 4.61. The molecule has 0 fully saturated rings. The van der Waals surface area contributed by atoms with Crippen molar-refractivity contribution >= 4 is 16.8 Å². The van der Waals surface area contributed by atoms with Crippen LogP contribution in [0.2, 0.25) is 0 Å². The van der Waals surface area contributed by atoms with Gasteiger partial charge in [0.25, 0.3) is 5.70 Å². The second-order valence-corrected chi connectivity index (χ2v) is 6.37. The number of rotatable bonds is 5. The molecule has 0 aromatic heterocycles. The highest BCUT2D eigenvalue weighted by Crippen LogP contribution is 2.42. The van der Waals surface area contributed by atoms with Crippen molar-refractivity contribution in [2.75, 3.05) is 13.7 Å². The summed E-state index contributed by atoms with van der Waals surface area (Å²) in [6.07, 6.45) is 0.766. The predicted octanol–water partition coefficient (Wildman–Crippen LogP) is 5.00. The normalized spacial score (nSPS) is 15.4. The van der Waals surface area contributed by atoms with Crippen LogP contribution >= 0.6 is 0 Å². The fourth-order valence-corrected chi connectivity index (χ4v) is 3.45. The molecule has 6 heteroatoms. The quantitative estimate of drug-likeness (QED) is 0.462. The third kappa shape index (κ3) is 3.03. The van der Waals surface area contributed by atoms with Gasteiger partial charge in [0, 0.05) is 17.2 Å². The van der Waals surface area contributed by atoms with Crippen LogP contribution in [0, 0.1) is 10.1 Å². The van der Waals surface area contributed by atoms with Gasteiger partial charge in [0.1, 0.15) is 5.75 Å². The summed E-state index contributed by atoms with van der Waals surface area (Å²) >= 11 is 0. The first-order valence-electron chi connectivity index (χ1n) is 8.97. The zero-order chi connectivity index (χ0) is 19.7. The van der Waals surface area contributed by atoms with Crippen LogP contribution in [0.25, 0.3) is 16.8 Å². The molecule has 0 radical (unpaired) electrons. The van der Waals surface area contributed by atoms with Gasteiger partial charge in [-0.1, -0.05) is 36.4 Å². The van der Waals surface area contributed by atoms with E-state index >= 15 is 0 Å². The zero-order valence-electron chi connectivity index (χ0n) is 15.5. The lowest BCUT2D eigenvalue weighted by Gasteiger charge is -2.24. The largest absolute Gasteiger partial charge is 0.493 e. The van der Waals surface area contributed by atoms with E-state index < -0.39 is 11.0 Å². The molecule has 0 amide bonds. The molecule has 0 aliphatic carbocycles. The second kappa shape index (κ2) is 7.23. The summed E-state index contributed by atoms with van der Waals surface area (Å²) in [6, 6.07) is 16.8. The lowest BCUT2D eigenvalue weighted by Crippen LogP contribution is -2.20. The van der Waals surface area contributed by atoms with Gasteiger partial charge in [0.15, 0.2) is 11.5 Å². The van der Waals surface area contributed by atoms with E-state index in [1.807, 2.05) is 43.3 Å². The van der Waals surface area contributed by atoms with E-state index in [0.717, 1.165) is 16.3 Å². The number of benzene rings is 3. The Hall–Kier alpha value is -3.54. The molecule has 0 spiro atoms. The highest BCUT2D eigenvalue weighted by atomic mass is 16.6. The number of ether oxygens (including phenoxy) is 3. The smallest absolute Gasteiger partial charge is 0.291 e. The van der Waals surface area contributed by atoms with Crippen LogP contribution in [0.3, 0.4) is 0 Å². The average Bonchev–Trinajstić information content (AvgIpc) is 2.73. The minimum absolute atomic E-state index is 0.0185. The van der Waals surface area contributed by atoms with Gasteiger partial charge in [-0.15, -0.1) is 0 Å². The van der Waals surface area contributed by atoms with Crippen molar-refractivity contribution in [2.45, 2.75) is 13.0 Å². The molecule has 28 heavy (non-hydrogen) atoms. The molecule has 0 bridgehead atoms. The molecule has 1 atom stereocenters. The topological polar surface area (TPSA) is 70.8 Å². The lowest BCUT2D eigenvalue weighted by atomic mass is 9.97. The predicted molar refractivity (Wildman–Crippen MR) is 106 cm³/mol. The van der Waals surface area contributed by atoms with Gasteiger partial charge in [-0.2, -0.15) is 0 Å². The van der Waals surface area contributed by atoms with Gasteiger partial charge in [-0.05, 0) is 35.9 Å². The van der Waals surface area contributed by atoms with E-state index in [1.165, 1.54) is 7.11 Å². The van der Waals surface area contributed by atoms with Gasteiger partial charge in [-0.3, -0.25) is 10.1 Å². The minimum atomic E-state index is -0.840. The molecule has 6 nitrogen and oxygen atoms in total. The van der Waals surface area contributed by atoms with Gasteiger partial charge >= 0.3 is 0 Å². The SMILES string of the molecule is CCOc1ccc([C@@H]2Oc3ccc4ccccc4c3C=C2[N+](=O)[O-])cc1OC. The molecular formula is C22H19NO5. The molecule has 0 unspecified atom stereocenters. The fourth-order valence-electron chi connectivity index (χ4n) is 3.45. The molecule has 1 heterocycles. The number of methoxy groups -OCH3 is 1. The van der Waals surface area contributed by atoms with Gasteiger partial charge in [0.2, 0.25) is 6.10 Å². The highest BCUT2D eigenvalue weighted by molar-refractivity contribution is 5.93. The molecule has 3 aromatic rings. The third-order valence-electron chi connectivity index (χ3n) is 4.74. The summed E-state index contributed by atoms with van der Waals surface area (Å²) in [7, 11) is 1.54. The summed E-state index contributed by atoms with van der Waals surface area (Å²) in [4.78, 5) is 11.4.